The van der Waals surface area contributed by atoms with Gasteiger partial charge >= 0.3 is 0 Å². The SMILES string of the molecule is CC(C)c1ccc(Cl)c(S(=O)(=O)NCC(C)(C)N)c1.Cl. The van der Waals surface area contributed by atoms with E-state index >= 15 is 0 Å². The summed E-state index contributed by atoms with van der Waals surface area (Å²) in [6, 6.07) is 5.05. The number of halogens is 2. The molecule has 0 saturated heterocycles. The molecule has 3 N–H and O–H groups in total. The van der Waals surface area contributed by atoms with Gasteiger partial charge in [-0.25, -0.2) is 13.1 Å². The second-order valence-corrected chi connectivity index (χ2v) is 7.80. The zero-order chi connectivity index (χ0) is 14.8. The first-order valence-electron chi connectivity index (χ1n) is 6.11. The minimum Gasteiger partial charge on any atom is -0.324 e. The molecule has 0 aliphatic heterocycles. The van der Waals surface area contributed by atoms with Crippen LogP contribution in [0.4, 0.5) is 0 Å². The first-order chi connectivity index (χ1) is 8.53. The summed E-state index contributed by atoms with van der Waals surface area (Å²) in [6.45, 7) is 7.65. The van der Waals surface area contributed by atoms with Gasteiger partial charge in [0.2, 0.25) is 10.0 Å². The summed E-state index contributed by atoms with van der Waals surface area (Å²) in [7, 11) is -3.64. The molecule has 0 radical (unpaired) electrons. The van der Waals surface area contributed by atoms with Gasteiger partial charge in [-0.15, -0.1) is 12.4 Å². The maximum absolute atomic E-state index is 12.2. The first-order valence-corrected chi connectivity index (χ1v) is 7.97. The van der Waals surface area contributed by atoms with Crippen LogP contribution in [0.25, 0.3) is 0 Å². The van der Waals surface area contributed by atoms with Gasteiger partial charge in [-0.05, 0) is 37.5 Å². The second kappa shape index (κ2) is 7.09. The van der Waals surface area contributed by atoms with Crippen LogP contribution < -0.4 is 10.5 Å². The molecule has 20 heavy (non-hydrogen) atoms. The van der Waals surface area contributed by atoms with Crippen LogP contribution in [0.3, 0.4) is 0 Å². The maximum Gasteiger partial charge on any atom is 0.242 e. The van der Waals surface area contributed by atoms with Crippen molar-refractivity contribution in [2.45, 2.75) is 44.0 Å². The predicted molar refractivity (Wildman–Crippen MR) is 86.2 cm³/mol. The molecule has 0 atom stereocenters. The van der Waals surface area contributed by atoms with E-state index in [-0.39, 0.29) is 34.8 Å². The summed E-state index contributed by atoms with van der Waals surface area (Å²) in [4.78, 5) is 0.101. The lowest BCUT2D eigenvalue weighted by Crippen LogP contribution is -2.45. The van der Waals surface area contributed by atoms with Gasteiger partial charge in [-0.2, -0.15) is 0 Å². The highest BCUT2D eigenvalue weighted by Gasteiger charge is 2.21. The lowest BCUT2D eigenvalue weighted by atomic mass is 10.0. The number of nitrogens with one attached hydrogen (secondary N) is 1. The van der Waals surface area contributed by atoms with Crippen molar-refractivity contribution in [1.29, 1.82) is 0 Å². The Morgan fingerprint density at radius 1 is 1.35 bits per heavy atom. The molecule has 0 bridgehead atoms. The van der Waals surface area contributed by atoms with Crippen LogP contribution in [-0.4, -0.2) is 20.5 Å². The Bertz CT molecular complexity index is 552. The van der Waals surface area contributed by atoms with Gasteiger partial charge in [0, 0.05) is 12.1 Å². The third-order valence-corrected chi connectivity index (χ3v) is 4.51. The van der Waals surface area contributed by atoms with Gasteiger partial charge in [0.15, 0.2) is 0 Å². The molecule has 0 saturated carbocycles. The predicted octanol–water partition coefficient (Wildman–Crippen LogP) is 2.90. The maximum atomic E-state index is 12.2. The molecule has 0 heterocycles. The average Bonchev–Trinajstić information content (AvgIpc) is 2.25. The number of nitrogens with two attached hydrogens (primary N) is 1. The minimum atomic E-state index is -3.64. The third-order valence-electron chi connectivity index (χ3n) is 2.63. The molecule has 0 aliphatic rings. The third kappa shape index (κ3) is 5.58. The second-order valence-electron chi connectivity index (χ2n) is 5.66. The van der Waals surface area contributed by atoms with E-state index in [4.69, 9.17) is 17.3 Å². The monoisotopic (exact) mass is 340 g/mol. The minimum absolute atomic E-state index is 0. The van der Waals surface area contributed by atoms with Crippen LogP contribution in [0.15, 0.2) is 23.1 Å². The van der Waals surface area contributed by atoms with Crippen LogP contribution in [0, 0.1) is 0 Å². The standard InChI is InChI=1S/C13H21ClN2O2S.ClH/c1-9(2)10-5-6-11(14)12(7-10)19(17,18)16-8-13(3,4)15;/h5-7,9,16H,8,15H2,1-4H3;1H. The van der Waals surface area contributed by atoms with Gasteiger partial charge in [0.25, 0.3) is 0 Å². The van der Waals surface area contributed by atoms with Gasteiger partial charge in [0.1, 0.15) is 4.90 Å². The molecular weight excluding hydrogens is 319 g/mol. The Kier molecular flexibility index (Phi) is 6.97. The van der Waals surface area contributed by atoms with Crippen molar-refractivity contribution >= 4 is 34.0 Å². The van der Waals surface area contributed by atoms with Gasteiger partial charge in [-0.1, -0.05) is 31.5 Å². The molecule has 7 heteroatoms. The molecule has 116 valence electrons. The molecule has 0 spiro atoms. The molecule has 1 rings (SSSR count). The lowest BCUT2D eigenvalue weighted by molar-refractivity contribution is 0.498. The van der Waals surface area contributed by atoms with E-state index in [0.717, 1.165) is 5.56 Å². The van der Waals surface area contributed by atoms with Gasteiger partial charge < -0.3 is 5.73 Å². The van der Waals surface area contributed by atoms with E-state index in [1.807, 2.05) is 19.9 Å². The van der Waals surface area contributed by atoms with Crippen molar-refractivity contribution in [3.05, 3.63) is 28.8 Å². The Hall–Kier alpha value is -0.330. The zero-order valence-corrected chi connectivity index (χ0v) is 14.5. The highest BCUT2D eigenvalue weighted by Crippen LogP contribution is 2.26. The molecule has 0 amide bonds. The van der Waals surface area contributed by atoms with Crippen LogP contribution in [0.5, 0.6) is 0 Å². The Morgan fingerprint density at radius 3 is 2.35 bits per heavy atom. The highest BCUT2D eigenvalue weighted by atomic mass is 35.5. The normalized spacial score (nSPS) is 12.3. The van der Waals surface area contributed by atoms with Crippen molar-refractivity contribution in [3.8, 4) is 0 Å². The molecule has 0 unspecified atom stereocenters. The van der Waals surface area contributed by atoms with Crippen molar-refractivity contribution in [1.82, 2.24) is 4.72 Å². The summed E-state index contributed by atoms with van der Waals surface area (Å²) in [6.07, 6.45) is 0. The summed E-state index contributed by atoms with van der Waals surface area (Å²) >= 11 is 5.99. The van der Waals surface area contributed by atoms with Crippen LogP contribution in [0.2, 0.25) is 5.02 Å². The van der Waals surface area contributed by atoms with Gasteiger partial charge in [-0.3, -0.25) is 0 Å². The summed E-state index contributed by atoms with van der Waals surface area (Å²) < 4.78 is 26.9. The smallest absolute Gasteiger partial charge is 0.242 e. The molecule has 1 aromatic rings. The van der Waals surface area contributed by atoms with Crippen LogP contribution in [0.1, 0.15) is 39.2 Å². The number of hydrogen-bond donors (Lipinski definition) is 2. The number of rotatable bonds is 5. The molecule has 4 nitrogen and oxygen atoms in total. The van der Waals surface area contributed by atoms with Crippen molar-refractivity contribution in [2.75, 3.05) is 6.54 Å². The number of benzene rings is 1. The Labute approximate surface area is 132 Å². The fourth-order valence-corrected chi connectivity index (χ4v) is 3.20. The fraction of sp³-hybridized carbons (Fsp3) is 0.538. The molecule has 0 aromatic heterocycles. The van der Waals surface area contributed by atoms with E-state index in [9.17, 15) is 8.42 Å². The molecule has 1 aromatic carbocycles. The van der Waals surface area contributed by atoms with Crippen molar-refractivity contribution in [2.24, 2.45) is 5.73 Å². The number of hydrogen-bond acceptors (Lipinski definition) is 3. The Morgan fingerprint density at radius 2 is 1.90 bits per heavy atom. The largest absolute Gasteiger partial charge is 0.324 e. The molecule has 0 fully saturated rings. The highest BCUT2D eigenvalue weighted by molar-refractivity contribution is 7.89. The van der Waals surface area contributed by atoms with Crippen molar-refractivity contribution < 1.29 is 8.42 Å². The van der Waals surface area contributed by atoms with E-state index in [1.54, 1.807) is 26.0 Å². The van der Waals surface area contributed by atoms with E-state index in [0.29, 0.717) is 0 Å². The average molecular weight is 341 g/mol. The van der Waals surface area contributed by atoms with E-state index < -0.39 is 15.6 Å². The van der Waals surface area contributed by atoms with Crippen LogP contribution >= 0.6 is 24.0 Å². The topological polar surface area (TPSA) is 72.2 Å². The quantitative estimate of drug-likeness (QED) is 0.865. The van der Waals surface area contributed by atoms with E-state index in [2.05, 4.69) is 4.72 Å². The Balaban J connectivity index is 0.00000361. The summed E-state index contributed by atoms with van der Waals surface area (Å²) in [5.74, 6) is 0.233. The zero-order valence-electron chi connectivity index (χ0n) is 12.1. The molecule has 0 aliphatic carbocycles. The summed E-state index contributed by atoms with van der Waals surface area (Å²) in [5, 5.41) is 0.215. The van der Waals surface area contributed by atoms with Crippen LogP contribution in [-0.2, 0) is 10.0 Å². The fourth-order valence-electron chi connectivity index (χ4n) is 1.44. The van der Waals surface area contributed by atoms with Crippen molar-refractivity contribution in [3.63, 3.8) is 0 Å². The number of sulfonamides is 1. The lowest BCUT2D eigenvalue weighted by Gasteiger charge is -2.19. The molecular formula is C13H22Cl2N2O2S. The van der Waals surface area contributed by atoms with Gasteiger partial charge in [0.05, 0.1) is 5.02 Å². The summed E-state index contributed by atoms with van der Waals surface area (Å²) in [5.41, 5.74) is 6.09. The van der Waals surface area contributed by atoms with E-state index in [1.165, 1.54) is 0 Å². The first kappa shape index (κ1) is 19.7.